The van der Waals surface area contributed by atoms with E-state index in [1.165, 1.54) is 12.1 Å². The number of carboxylic acids is 1. The van der Waals surface area contributed by atoms with Crippen molar-refractivity contribution in [1.29, 1.82) is 0 Å². The average molecular weight is 502 g/mol. The fourth-order valence-electron chi connectivity index (χ4n) is 3.54. The van der Waals surface area contributed by atoms with Crippen molar-refractivity contribution >= 4 is 61.2 Å². The molecule has 3 amide bonds. The van der Waals surface area contributed by atoms with E-state index in [1.54, 1.807) is 13.0 Å². The smallest absolute Gasteiger partial charge is 0.335 e. The number of alkyl halides is 2. The maximum Gasteiger partial charge on any atom is 0.335 e. The highest BCUT2D eigenvalue weighted by atomic mass is 79.9. The summed E-state index contributed by atoms with van der Waals surface area (Å²) in [4.78, 5) is 49.9. The molecule has 7 nitrogen and oxygen atoms in total. The molecule has 144 valence electrons. The predicted molar refractivity (Wildman–Crippen MR) is 105 cm³/mol. The molecule has 4 atom stereocenters. The van der Waals surface area contributed by atoms with Crippen molar-refractivity contribution in [2.75, 3.05) is 11.9 Å². The SMILES string of the molecule is Cc1ccc(C(=O)O)cc1NC(=O)CN1C(=O)[C@@H]2C[C@@H](Br)[C@@H](Br)C[C@H]2C1=O. The van der Waals surface area contributed by atoms with Crippen molar-refractivity contribution in [2.45, 2.75) is 29.4 Å². The van der Waals surface area contributed by atoms with Gasteiger partial charge in [-0.3, -0.25) is 19.3 Å². The highest BCUT2D eigenvalue weighted by Crippen LogP contribution is 2.43. The molecule has 1 aliphatic heterocycles. The lowest BCUT2D eigenvalue weighted by Crippen LogP contribution is -2.38. The zero-order valence-electron chi connectivity index (χ0n) is 14.4. The lowest BCUT2D eigenvalue weighted by molar-refractivity contribution is -0.142. The number of aromatic carboxylic acids is 1. The number of hydrogen-bond donors (Lipinski definition) is 2. The molecule has 9 heteroatoms. The molecule has 0 aromatic heterocycles. The van der Waals surface area contributed by atoms with Crippen LogP contribution in [0.1, 0.15) is 28.8 Å². The van der Waals surface area contributed by atoms with Gasteiger partial charge in [-0.25, -0.2) is 4.79 Å². The maximum atomic E-state index is 12.6. The second-order valence-corrected chi connectivity index (χ2v) is 9.21. The zero-order valence-corrected chi connectivity index (χ0v) is 17.6. The van der Waals surface area contributed by atoms with Crippen molar-refractivity contribution in [3.63, 3.8) is 0 Å². The Labute approximate surface area is 172 Å². The Morgan fingerprint density at radius 2 is 1.70 bits per heavy atom. The summed E-state index contributed by atoms with van der Waals surface area (Å²) in [6.45, 7) is 1.36. The van der Waals surface area contributed by atoms with E-state index in [2.05, 4.69) is 37.2 Å². The van der Waals surface area contributed by atoms with Gasteiger partial charge in [0.25, 0.3) is 0 Å². The van der Waals surface area contributed by atoms with Crippen LogP contribution in [-0.2, 0) is 14.4 Å². The number of anilines is 1. The minimum atomic E-state index is -1.10. The number of fused-ring (bicyclic) bond motifs is 1. The summed E-state index contributed by atoms with van der Waals surface area (Å²) in [6, 6.07) is 4.39. The number of likely N-dealkylation sites (tertiary alicyclic amines) is 1. The van der Waals surface area contributed by atoms with E-state index in [1.807, 2.05) is 0 Å². The van der Waals surface area contributed by atoms with Gasteiger partial charge in [-0.05, 0) is 37.5 Å². The molecule has 2 aliphatic rings. The van der Waals surface area contributed by atoms with Crippen molar-refractivity contribution in [2.24, 2.45) is 11.8 Å². The van der Waals surface area contributed by atoms with Crippen LogP contribution in [0.5, 0.6) is 0 Å². The summed E-state index contributed by atoms with van der Waals surface area (Å²) in [5.74, 6) is -3.08. The molecule has 0 bridgehead atoms. The second kappa shape index (κ2) is 7.71. The number of halogens is 2. The largest absolute Gasteiger partial charge is 0.478 e. The Hall–Kier alpha value is -1.74. The number of imide groups is 1. The van der Waals surface area contributed by atoms with Gasteiger partial charge >= 0.3 is 5.97 Å². The normalized spacial score (nSPS) is 27.4. The monoisotopic (exact) mass is 500 g/mol. The van der Waals surface area contributed by atoms with Crippen LogP contribution in [0, 0.1) is 18.8 Å². The lowest BCUT2D eigenvalue weighted by atomic mass is 9.81. The first kappa shape index (κ1) is 20.0. The Kier molecular flexibility index (Phi) is 5.71. The van der Waals surface area contributed by atoms with Crippen LogP contribution >= 0.6 is 31.9 Å². The van der Waals surface area contributed by atoms with Crippen LogP contribution in [0.4, 0.5) is 5.69 Å². The average Bonchev–Trinajstić information content (AvgIpc) is 2.82. The minimum absolute atomic E-state index is 0.0435. The Morgan fingerprint density at radius 1 is 1.15 bits per heavy atom. The third-order valence-electron chi connectivity index (χ3n) is 5.06. The first-order chi connectivity index (χ1) is 12.7. The Morgan fingerprint density at radius 3 is 2.22 bits per heavy atom. The Bertz CT molecular complexity index is 800. The molecule has 1 aromatic carbocycles. The number of hydrogen-bond acceptors (Lipinski definition) is 4. The number of aryl methyl sites for hydroxylation is 1. The second-order valence-electron chi connectivity index (χ2n) is 6.86. The topological polar surface area (TPSA) is 104 Å². The zero-order chi connectivity index (χ0) is 19.9. The first-order valence-electron chi connectivity index (χ1n) is 8.46. The van der Waals surface area contributed by atoms with E-state index in [9.17, 15) is 19.2 Å². The molecular weight excluding hydrogens is 484 g/mol. The molecule has 1 saturated carbocycles. The van der Waals surface area contributed by atoms with Crippen molar-refractivity contribution < 1.29 is 24.3 Å². The van der Waals surface area contributed by atoms with Gasteiger partial charge in [-0.2, -0.15) is 0 Å². The van der Waals surface area contributed by atoms with E-state index in [-0.39, 0.29) is 33.6 Å². The van der Waals surface area contributed by atoms with Gasteiger partial charge in [-0.15, -0.1) is 0 Å². The third-order valence-corrected chi connectivity index (χ3v) is 7.80. The molecule has 2 N–H and O–H groups in total. The molecule has 0 radical (unpaired) electrons. The summed E-state index contributed by atoms with van der Waals surface area (Å²) in [5.41, 5.74) is 1.07. The maximum absolute atomic E-state index is 12.6. The Balaban J connectivity index is 1.71. The fourth-order valence-corrected chi connectivity index (χ4v) is 4.78. The van der Waals surface area contributed by atoms with Crippen LogP contribution in [0.2, 0.25) is 0 Å². The quantitative estimate of drug-likeness (QED) is 0.487. The highest BCUT2D eigenvalue weighted by Gasteiger charge is 2.52. The van der Waals surface area contributed by atoms with Gasteiger partial charge in [0.15, 0.2) is 0 Å². The van der Waals surface area contributed by atoms with E-state index < -0.39 is 23.7 Å². The molecule has 27 heavy (non-hydrogen) atoms. The lowest BCUT2D eigenvalue weighted by Gasteiger charge is -2.29. The summed E-state index contributed by atoms with van der Waals surface area (Å²) in [6.07, 6.45) is 1.09. The number of carbonyl (C=O) groups is 4. The van der Waals surface area contributed by atoms with Crippen LogP contribution in [0.15, 0.2) is 18.2 Å². The van der Waals surface area contributed by atoms with Gasteiger partial charge in [-0.1, -0.05) is 37.9 Å². The summed E-state index contributed by atoms with van der Waals surface area (Å²) < 4.78 is 0. The van der Waals surface area contributed by atoms with Crippen LogP contribution in [0.25, 0.3) is 0 Å². The molecule has 0 unspecified atom stereocenters. The van der Waals surface area contributed by atoms with Crippen molar-refractivity contribution in [1.82, 2.24) is 4.90 Å². The summed E-state index contributed by atoms with van der Waals surface area (Å²) in [5, 5.41) is 11.7. The number of carboxylic acid groups (broad SMARTS) is 1. The molecular formula is C18H18Br2N2O5. The molecule has 1 aromatic rings. The van der Waals surface area contributed by atoms with Gasteiger partial charge < -0.3 is 10.4 Å². The summed E-state index contributed by atoms with van der Waals surface area (Å²) in [7, 11) is 0. The number of nitrogens with zero attached hydrogens (tertiary/aromatic N) is 1. The standard InChI is InChI=1S/C18H18Br2N2O5/c1-8-2-3-9(18(26)27)4-14(8)21-15(23)7-22-16(24)10-5-12(19)13(20)6-11(10)17(22)25/h2-4,10-13H,5-7H2,1H3,(H,21,23)(H,26,27)/t10-,11-,12-,13+/m1/s1. The van der Waals surface area contributed by atoms with E-state index in [0.29, 0.717) is 24.1 Å². The molecule has 2 fully saturated rings. The number of benzene rings is 1. The number of rotatable bonds is 4. The van der Waals surface area contributed by atoms with Gasteiger partial charge in [0.1, 0.15) is 6.54 Å². The van der Waals surface area contributed by atoms with E-state index >= 15 is 0 Å². The number of amides is 3. The van der Waals surface area contributed by atoms with Gasteiger partial charge in [0.2, 0.25) is 17.7 Å². The van der Waals surface area contributed by atoms with Crippen molar-refractivity contribution in [3.05, 3.63) is 29.3 Å². The molecule has 0 spiro atoms. The molecule has 3 rings (SSSR count). The van der Waals surface area contributed by atoms with E-state index in [0.717, 1.165) is 4.90 Å². The third kappa shape index (κ3) is 3.94. The summed E-state index contributed by atoms with van der Waals surface area (Å²) >= 11 is 7.05. The van der Waals surface area contributed by atoms with E-state index in [4.69, 9.17) is 5.11 Å². The highest BCUT2D eigenvalue weighted by molar-refractivity contribution is 9.12. The first-order valence-corrected chi connectivity index (χ1v) is 10.3. The molecule has 1 heterocycles. The molecule has 1 saturated heterocycles. The number of carbonyl (C=O) groups excluding carboxylic acids is 3. The predicted octanol–water partition coefficient (Wildman–Crippen LogP) is 2.55. The van der Waals surface area contributed by atoms with Crippen LogP contribution in [0.3, 0.4) is 0 Å². The van der Waals surface area contributed by atoms with Gasteiger partial charge in [0, 0.05) is 15.3 Å². The minimum Gasteiger partial charge on any atom is -0.478 e. The fraction of sp³-hybridized carbons (Fsp3) is 0.444. The number of nitrogens with one attached hydrogen (secondary N) is 1. The molecule has 1 aliphatic carbocycles. The van der Waals surface area contributed by atoms with Crippen LogP contribution < -0.4 is 5.32 Å². The van der Waals surface area contributed by atoms with Crippen molar-refractivity contribution in [3.8, 4) is 0 Å². The van der Waals surface area contributed by atoms with Gasteiger partial charge in [0.05, 0.1) is 17.4 Å². The van der Waals surface area contributed by atoms with Crippen LogP contribution in [-0.4, -0.2) is 49.9 Å².